The summed E-state index contributed by atoms with van der Waals surface area (Å²) in [6, 6.07) is 4.45. The minimum Gasteiger partial charge on any atom is -0.507 e. The lowest BCUT2D eigenvalue weighted by Gasteiger charge is -1.98. The first kappa shape index (κ1) is 11.0. The van der Waals surface area contributed by atoms with E-state index in [0.29, 0.717) is 11.8 Å². The highest BCUT2D eigenvalue weighted by Gasteiger charge is 1.99. The second-order valence-electron chi connectivity index (χ2n) is 2.79. The maximum absolute atomic E-state index is 10.8. The zero-order valence-electron chi connectivity index (χ0n) is 8.14. The van der Waals surface area contributed by atoms with Crippen LogP contribution in [0.5, 0.6) is 5.75 Å². The van der Waals surface area contributed by atoms with Gasteiger partial charge in [-0.05, 0) is 23.8 Å². The van der Waals surface area contributed by atoms with E-state index in [0.717, 1.165) is 0 Å². The van der Waals surface area contributed by atoms with Crippen molar-refractivity contribution in [2.75, 3.05) is 7.11 Å². The van der Waals surface area contributed by atoms with E-state index in [1.165, 1.54) is 31.4 Å². The number of phenolic OH excluding ortho intramolecular Hbond substituents is 1. The van der Waals surface area contributed by atoms with Crippen molar-refractivity contribution in [2.45, 2.75) is 0 Å². The molecule has 0 aromatic heterocycles. The Labute approximate surface area is 86.8 Å². The van der Waals surface area contributed by atoms with Crippen LogP contribution in [-0.4, -0.2) is 24.5 Å². The molecule has 0 atom stereocenters. The summed E-state index contributed by atoms with van der Waals surface area (Å²) in [7, 11) is 1.28. The molecule has 1 rings (SSSR count). The molecule has 1 aromatic rings. The first-order valence-corrected chi connectivity index (χ1v) is 4.21. The van der Waals surface area contributed by atoms with Crippen LogP contribution >= 0.6 is 0 Å². The fraction of sp³-hybridized carbons (Fsp3) is 0.0909. The van der Waals surface area contributed by atoms with Gasteiger partial charge in [0.2, 0.25) is 0 Å². The van der Waals surface area contributed by atoms with Gasteiger partial charge < -0.3 is 9.84 Å². The summed E-state index contributed by atoms with van der Waals surface area (Å²) in [4.78, 5) is 21.3. The third-order valence-electron chi connectivity index (χ3n) is 1.79. The number of phenols is 1. The van der Waals surface area contributed by atoms with Gasteiger partial charge in [0.05, 0.1) is 12.7 Å². The normalized spacial score (nSPS) is 10.2. The van der Waals surface area contributed by atoms with E-state index in [9.17, 15) is 14.7 Å². The van der Waals surface area contributed by atoms with E-state index in [1.54, 1.807) is 6.07 Å². The summed E-state index contributed by atoms with van der Waals surface area (Å²) in [5, 5.41) is 9.21. The summed E-state index contributed by atoms with van der Waals surface area (Å²) < 4.78 is 4.41. The van der Waals surface area contributed by atoms with Crippen molar-refractivity contribution in [2.24, 2.45) is 0 Å². The Balaban J connectivity index is 2.92. The van der Waals surface area contributed by atoms with Crippen molar-refractivity contribution in [1.82, 2.24) is 0 Å². The minimum absolute atomic E-state index is 0.0831. The quantitative estimate of drug-likeness (QED) is 0.461. The van der Waals surface area contributed by atoms with E-state index in [2.05, 4.69) is 4.74 Å². The third-order valence-corrected chi connectivity index (χ3v) is 1.79. The lowest BCUT2D eigenvalue weighted by Crippen LogP contribution is -1.93. The molecule has 4 nitrogen and oxygen atoms in total. The fourth-order valence-electron chi connectivity index (χ4n) is 1.00. The number of rotatable bonds is 3. The predicted octanol–water partition coefficient (Wildman–Crippen LogP) is 1.39. The zero-order chi connectivity index (χ0) is 11.3. The Morgan fingerprint density at radius 2 is 2.20 bits per heavy atom. The number of aromatic hydroxyl groups is 1. The van der Waals surface area contributed by atoms with E-state index < -0.39 is 5.97 Å². The average Bonchev–Trinajstić information content (AvgIpc) is 2.27. The SMILES string of the molecule is COC(=O)/C=C/c1ccc(O)c(C=O)c1. The molecule has 0 saturated carbocycles. The number of benzene rings is 1. The van der Waals surface area contributed by atoms with Crippen molar-refractivity contribution >= 4 is 18.3 Å². The van der Waals surface area contributed by atoms with Gasteiger partial charge in [0.25, 0.3) is 0 Å². The molecule has 0 bridgehead atoms. The van der Waals surface area contributed by atoms with Gasteiger partial charge >= 0.3 is 5.97 Å². The van der Waals surface area contributed by atoms with Gasteiger partial charge in [0.1, 0.15) is 5.75 Å². The first-order valence-electron chi connectivity index (χ1n) is 4.21. The molecule has 78 valence electrons. The van der Waals surface area contributed by atoms with Crippen LogP contribution in [-0.2, 0) is 9.53 Å². The Bertz CT molecular complexity index is 407. The number of carbonyl (C=O) groups excluding carboxylic acids is 2. The summed E-state index contributed by atoms with van der Waals surface area (Å²) in [5.74, 6) is -0.559. The number of hydrogen-bond donors (Lipinski definition) is 1. The van der Waals surface area contributed by atoms with E-state index >= 15 is 0 Å². The highest BCUT2D eigenvalue weighted by atomic mass is 16.5. The molecule has 4 heteroatoms. The summed E-state index contributed by atoms with van der Waals surface area (Å²) in [5.41, 5.74) is 0.822. The smallest absolute Gasteiger partial charge is 0.330 e. The van der Waals surface area contributed by atoms with Crippen molar-refractivity contribution in [3.05, 3.63) is 35.4 Å². The molecule has 15 heavy (non-hydrogen) atoms. The van der Waals surface area contributed by atoms with Crippen molar-refractivity contribution in [3.63, 3.8) is 0 Å². The van der Waals surface area contributed by atoms with Crippen LogP contribution in [0.15, 0.2) is 24.3 Å². The Kier molecular flexibility index (Phi) is 3.62. The average molecular weight is 206 g/mol. The molecule has 0 spiro atoms. The molecule has 0 radical (unpaired) electrons. The van der Waals surface area contributed by atoms with Crippen molar-refractivity contribution in [3.8, 4) is 5.75 Å². The van der Waals surface area contributed by atoms with Crippen LogP contribution in [0.25, 0.3) is 6.08 Å². The molecule has 0 fully saturated rings. The van der Waals surface area contributed by atoms with Crippen LogP contribution in [0.3, 0.4) is 0 Å². The van der Waals surface area contributed by atoms with Gasteiger partial charge in [-0.15, -0.1) is 0 Å². The van der Waals surface area contributed by atoms with Crippen LogP contribution in [0.2, 0.25) is 0 Å². The number of hydrogen-bond acceptors (Lipinski definition) is 4. The fourth-order valence-corrected chi connectivity index (χ4v) is 1.00. The largest absolute Gasteiger partial charge is 0.507 e. The number of methoxy groups -OCH3 is 1. The molecule has 0 aliphatic heterocycles. The van der Waals surface area contributed by atoms with Crippen molar-refractivity contribution in [1.29, 1.82) is 0 Å². The second kappa shape index (κ2) is 4.95. The van der Waals surface area contributed by atoms with Gasteiger partial charge in [-0.25, -0.2) is 4.79 Å². The lowest BCUT2D eigenvalue weighted by molar-refractivity contribution is -0.134. The summed E-state index contributed by atoms with van der Waals surface area (Å²) >= 11 is 0. The van der Waals surface area contributed by atoms with Gasteiger partial charge in [0.15, 0.2) is 6.29 Å². The summed E-state index contributed by atoms with van der Waals surface area (Å²) in [6.07, 6.45) is 3.28. The third kappa shape index (κ3) is 2.95. The van der Waals surface area contributed by atoms with E-state index in [4.69, 9.17) is 0 Å². The van der Waals surface area contributed by atoms with Crippen LogP contribution in [0, 0.1) is 0 Å². The molecule has 0 aliphatic carbocycles. The molecule has 0 saturated heterocycles. The van der Waals surface area contributed by atoms with E-state index in [-0.39, 0.29) is 11.3 Å². The maximum atomic E-state index is 10.8. The van der Waals surface area contributed by atoms with Crippen LogP contribution in [0.1, 0.15) is 15.9 Å². The van der Waals surface area contributed by atoms with Gasteiger partial charge in [-0.1, -0.05) is 6.07 Å². The van der Waals surface area contributed by atoms with Gasteiger partial charge in [-0.2, -0.15) is 0 Å². The molecular weight excluding hydrogens is 196 g/mol. The zero-order valence-corrected chi connectivity index (χ0v) is 8.14. The minimum atomic E-state index is -0.476. The topological polar surface area (TPSA) is 63.6 Å². The molecular formula is C11H10O4. The molecule has 0 amide bonds. The Morgan fingerprint density at radius 1 is 1.47 bits per heavy atom. The monoisotopic (exact) mass is 206 g/mol. The highest BCUT2D eigenvalue weighted by Crippen LogP contribution is 2.17. The standard InChI is InChI=1S/C11H10O4/c1-15-11(14)5-3-8-2-4-10(13)9(6-8)7-12/h2-7,13H,1H3/b5-3+. The van der Waals surface area contributed by atoms with E-state index in [1.807, 2.05) is 0 Å². The van der Waals surface area contributed by atoms with Gasteiger partial charge in [0, 0.05) is 6.08 Å². The number of aldehydes is 1. The lowest BCUT2D eigenvalue weighted by atomic mass is 10.1. The van der Waals surface area contributed by atoms with Crippen LogP contribution < -0.4 is 0 Å². The van der Waals surface area contributed by atoms with Gasteiger partial charge in [-0.3, -0.25) is 4.79 Å². The molecule has 1 aromatic carbocycles. The summed E-state index contributed by atoms with van der Waals surface area (Å²) in [6.45, 7) is 0. The molecule has 1 N–H and O–H groups in total. The van der Waals surface area contributed by atoms with Crippen LogP contribution in [0.4, 0.5) is 0 Å². The Morgan fingerprint density at radius 3 is 2.80 bits per heavy atom. The molecule has 0 heterocycles. The predicted molar refractivity (Wildman–Crippen MR) is 54.5 cm³/mol. The second-order valence-corrected chi connectivity index (χ2v) is 2.79. The maximum Gasteiger partial charge on any atom is 0.330 e. The number of esters is 1. The van der Waals surface area contributed by atoms with Crippen molar-refractivity contribution < 1.29 is 19.4 Å². The first-order chi connectivity index (χ1) is 7.17. The highest BCUT2D eigenvalue weighted by molar-refractivity contribution is 5.88. The number of ether oxygens (including phenoxy) is 1. The Hall–Kier alpha value is -2.10. The molecule has 0 unspecified atom stereocenters. The number of carbonyl (C=O) groups is 2. The molecule has 0 aliphatic rings.